The number of rotatable bonds is 2. The lowest BCUT2D eigenvalue weighted by atomic mass is 10.1. The van der Waals surface area contributed by atoms with Crippen LogP contribution in [0.4, 0.5) is 0 Å². The number of hydrogen-bond donors (Lipinski definition) is 2. The minimum absolute atomic E-state index is 1.06. The smallest absolute Gasteiger partial charge is 0.348 e. The highest BCUT2D eigenvalue weighted by Crippen LogP contribution is 2.02. The van der Waals surface area contributed by atoms with Crippen molar-refractivity contribution >= 4 is 11.9 Å². The van der Waals surface area contributed by atoms with Gasteiger partial charge in [-0.25, -0.2) is 9.59 Å². The molecule has 6 heteroatoms. The molecule has 0 atom stereocenters. The Morgan fingerprint density at radius 3 is 1.25 bits per heavy atom. The van der Waals surface area contributed by atoms with Crippen molar-refractivity contribution in [3.63, 3.8) is 0 Å². The second-order valence-corrected chi connectivity index (χ2v) is 1.58. The molecule has 0 aromatic heterocycles. The van der Waals surface area contributed by atoms with Crippen molar-refractivity contribution in [3.05, 3.63) is 11.1 Å². The number of nitrogens with zero attached hydrogens (tertiary/aromatic N) is 2. The van der Waals surface area contributed by atoms with Gasteiger partial charge >= 0.3 is 11.9 Å². The monoisotopic (exact) mass is 166 g/mol. The topological polar surface area (TPSA) is 122 Å². The van der Waals surface area contributed by atoms with Crippen LogP contribution in [0, 0.1) is 22.7 Å². The molecular formula is C6H2N2O4. The van der Waals surface area contributed by atoms with Crippen LogP contribution in [0.15, 0.2) is 11.1 Å². The first-order chi connectivity index (χ1) is 5.54. The fourth-order valence-electron chi connectivity index (χ4n) is 0.421. The normalized spacial score (nSPS) is 10.5. The summed E-state index contributed by atoms with van der Waals surface area (Å²) in [6, 6.07) is 2.22. The summed E-state index contributed by atoms with van der Waals surface area (Å²) in [7, 11) is 0. The van der Waals surface area contributed by atoms with Crippen LogP contribution in [-0.2, 0) is 9.59 Å². The number of hydrogen-bond acceptors (Lipinski definition) is 4. The molecule has 0 aliphatic carbocycles. The van der Waals surface area contributed by atoms with Crippen LogP contribution < -0.4 is 0 Å². The van der Waals surface area contributed by atoms with Gasteiger partial charge in [-0.1, -0.05) is 0 Å². The molecule has 0 bridgehead atoms. The van der Waals surface area contributed by atoms with Crippen LogP contribution in [0.25, 0.3) is 0 Å². The quantitative estimate of drug-likeness (QED) is 0.421. The van der Waals surface area contributed by atoms with Gasteiger partial charge in [-0.3, -0.25) is 0 Å². The molecule has 0 aliphatic heterocycles. The molecule has 12 heavy (non-hydrogen) atoms. The second kappa shape index (κ2) is 3.74. The zero-order chi connectivity index (χ0) is 9.72. The van der Waals surface area contributed by atoms with Crippen LogP contribution >= 0.6 is 0 Å². The second-order valence-electron chi connectivity index (χ2n) is 1.58. The first-order valence-electron chi connectivity index (χ1n) is 2.55. The number of aliphatic carboxylic acids is 2. The molecule has 0 aromatic carbocycles. The molecule has 0 radical (unpaired) electrons. The van der Waals surface area contributed by atoms with Crippen LogP contribution in [0.1, 0.15) is 0 Å². The number of carbonyl (C=O) groups is 2. The lowest BCUT2D eigenvalue weighted by molar-refractivity contribution is -0.135. The van der Waals surface area contributed by atoms with Crippen molar-refractivity contribution in [2.45, 2.75) is 0 Å². The predicted molar refractivity (Wildman–Crippen MR) is 33.5 cm³/mol. The van der Waals surface area contributed by atoms with Gasteiger partial charge in [0.25, 0.3) is 0 Å². The summed E-state index contributed by atoms with van der Waals surface area (Å²) in [4.78, 5) is 20.3. The first-order valence-corrected chi connectivity index (χ1v) is 2.55. The maximum Gasteiger partial charge on any atom is 0.348 e. The molecule has 0 rings (SSSR count). The van der Waals surface area contributed by atoms with Crippen LogP contribution in [0.2, 0.25) is 0 Å². The van der Waals surface area contributed by atoms with E-state index in [9.17, 15) is 9.59 Å². The van der Waals surface area contributed by atoms with E-state index in [-0.39, 0.29) is 0 Å². The lowest BCUT2D eigenvalue weighted by Gasteiger charge is -1.90. The number of carboxylic acids is 2. The Hall–Kier alpha value is -2.34. The highest BCUT2D eigenvalue weighted by molar-refractivity contribution is 6.04. The van der Waals surface area contributed by atoms with Gasteiger partial charge in [0.15, 0.2) is 11.1 Å². The highest BCUT2D eigenvalue weighted by atomic mass is 16.4. The molecule has 0 saturated carbocycles. The molecule has 6 nitrogen and oxygen atoms in total. The van der Waals surface area contributed by atoms with E-state index in [0.717, 1.165) is 12.1 Å². The Bertz CT molecular complexity index is 308. The predicted octanol–water partition coefficient (Wildman–Crippen LogP) is -0.501. The summed E-state index contributed by atoms with van der Waals surface area (Å²) in [5, 5.41) is 32.7. The average Bonchev–Trinajstić information content (AvgIpc) is 1.98. The molecule has 0 amide bonds. The van der Waals surface area contributed by atoms with E-state index in [1.165, 1.54) is 0 Å². The standard InChI is InChI=1S/C6H2N2O4/c7-1-3(5(9)10)4(2-8)6(11)12/h(H,9,10)(H,11,12)/b4-3-. The molecule has 0 fully saturated rings. The van der Waals surface area contributed by atoms with Gasteiger partial charge in [-0.05, 0) is 0 Å². The number of carboxylic acid groups (broad SMARTS) is 2. The van der Waals surface area contributed by atoms with Gasteiger partial charge in [0.1, 0.15) is 12.1 Å². The maximum absolute atomic E-state index is 10.1. The molecule has 2 N–H and O–H groups in total. The summed E-state index contributed by atoms with van der Waals surface area (Å²) in [6.07, 6.45) is 0. The van der Waals surface area contributed by atoms with Crippen LogP contribution in [0.3, 0.4) is 0 Å². The highest BCUT2D eigenvalue weighted by Gasteiger charge is 2.19. The van der Waals surface area contributed by atoms with Crippen molar-refractivity contribution in [2.75, 3.05) is 0 Å². The average molecular weight is 166 g/mol. The van der Waals surface area contributed by atoms with E-state index in [1.54, 1.807) is 0 Å². The fraction of sp³-hybridized carbons (Fsp3) is 0. The molecule has 0 unspecified atom stereocenters. The summed E-state index contributed by atoms with van der Waals surface area (Å²) in [5.74, 6) is -3.45. The molecule has 0 saturated heterocycles. The Balaban J connectivity index is 5.40. The van der Waals surface area contributed by atoms with E-state index in [1.807, 2.05) is 0 Å². The first kappa shape index (κ1) is 9.66. The SMILES string of the molecule is N#C/C(C(=O)O)=C(\C#N)C(=O)O. The summed E-state index contributed by atoms with van der Waals surface area (Å²) in [6.45, 7) is 0. The van der Waals surface area contributed by atoms with Gasteiger partial charge < -0.3 is 10.2 Å². The van der Waals surface area contributed by atoms with Crippen molar-refractivity contribution < 1.29 is 19.8 Å². The van der Waals surface area contributed by atoms with Gasteiger partial charge in [-0.2, -0.15) is 10.5 Å². The van der Waals surface area contributed by atoms with Gasteiger partial charge in [0, 0.05) is 0 Å². The van der Waals surface area contributed by atoms with Crippen molar-refractivity contribution in [3.8, 4) is 12.1 Å². The molecule has 0 aliphatic rings. The summed E-state index contributed by atoms with van der Waals surface area (Å²) >= 11 is 0. The molecule has 0 aromatic rings. The van der Waals surface area contributed by atoms with E-state index >= 15 is 0 Å². The largest absolute Gasteiger partial charge is 0.477 e. The van der Waals surface area contributed by atoms with E-state index in [2.05, 4.69) is 0 Å². The summed E-state index contributed by atoms with van der Waals surface area (Å²) < 4.78 is 0. The third-order valence-corrected chi connectivity index (χ3v) is 0.901. The van der Waals surface area contributed by atoms with Gasteiger partial charge in [-0.15, -0.1) is 0 Å². The van der Waals surface area contributed by atoms with Crippen LogP contribution in [-0.4, -0.2) is 22.2 Å². The van der Waals surface area contributed by atoms with E-state index < -0.39 is 23.1 Å². The zero-order valence-corrected chi connectivity index (χ0v) is 5.61. The Kier molecular flexibility index (Phi) is 3.01. The van der Waals surface area contributed by atoms with Crippen molar-refractivity contribution in [2.24, 2.45) is 0 Å². The third-order valence-electron chi connectivity index (χ3n) is 0.901. The van der Waals surface area contributed by atoms with Gasteiger partial charge in [0.2, 0.25) is 0 Å². The Labute approximate surface area is 66.6 Å². The lowest BCUT2D eigenvalue weighted by Crippen LogP contribution is -2.08. The van der Waals surface area contributed by atoms with Crippen LogP contribution in [0.5, 0.6) is 0 Å². The third kappa shape index (κ3) is 1.82. The van der Waals surface area contributed by atoms with Gasteiger partial charge in [0.05, 0.1) is 0 Å². The molecule has 0 spiro atoms. The summed E-state index contributed by atoms with van der Waals surface area (Å²) in [5.41, 5.74) is -2.13. The minimum Gasteiger partial charge on any atom is -0.477 e. The Morgan fingerprint density at radius 1 is 0.917 bits per heavy atom. The maximum atomic E-state index is 10.1. The fourth-order valence-corrected chi connectivity index (χ4v) is 0.421. The van der Waals surface area contributed by atoms with E-state index in [4.69, 9.17) is 20.7 Å². The molecule has 0 heterocycles. The van der Waals surface area contributed by atoms with E-state index in [0.29, 0.717) is 0 Å². The minimum atomic E-state index is -1.73. The number of nitriles is 2. The van der Waals surface area contributed by atoms with Crippen molar-refractivity contribution in [1.82, 2.24) is 0 Å². The molecule has 60 valence electrons. The Morgan fingerprint density at radius 2 is 1.17 bits per heavy atom. The zero-order valence-electron chi connectivity index (χ0n) is 5.61. The van der Waals surface area contributed by atoms with Crippen molar-refractivity contribution in [1.29, 1.82) is 10.5 Å². The molecular weight excluding hydrogens is 164 g/mol.